The second kappa shape index (κ2) is 7.95. The summed E-state index contributed by atoms with van der Waals surface area (Å²) in [6.07, 6.45) is 2.61. The van der Waals surface area contributed by atoms with Gasteiger partial charge in [0.25, 0.3) is 5.56 Å². The molecule has 136 valence electrons. The van der Waals surface area contributed by atoms with Crippen molar-refractivity contribution < 1.29 is 9.32 Å². The molecule has 2 N–H and O–H groups in total. The number of aromatic amines is 1. The molecule has 0 aliphatic heterocycles. The lowest BCUT2D eigenvalue weighted by Gasteiger charge is -2.02. The monoisotopic (exact) mass is 354 g/mol. The molecule has 3 rings (SSSR count). The number of aromatic nitrogens is 3. The Balaban J connectivity index is 1.73. The van der Waals surface area contributed by atoms with Gasteiger partial charge in [-0.25, -0.2) is 0 Å². The number of rotatable bonds is 7. The van der Waals surface area contributed by atoms with Crippen LogP contribution in [-0.4, -0.2) is 27.6 Å². The van der Waals surface area contributed by atoms with E-state index in [1.165, 1.54) is 0 Å². The van der Waals surface area contributed by atoms with E-state index in [0.29, 0.717) is 24.4 Å². The lowest BCUT2D eigenvalue weighted by Crippen LogP contribution is -2.24. The largest absolute Gasteiger partial charge is 0.356 e. The zero-order valence-electron chi connectivity index (χ0n) is 15.0. The molecule has 0 bridgehead atoms. The fourth-order valence-electron chi connectivity index (χ4n) is 2.67. The highest BCUT2D eigenvalue weighted by molar-refractivity contribution is 5.82. The van der Waals surface area contributed by atoms with Gasteiger partial charge in [0.15, 0.2) is 0 Å². The van der Waals surface area contributed by atoms with Crippen molar-refractivity contribution in [2.24, 2.45) is 0 Å². The van der Waals surface area contributed by atoms with Crippen molar-refractivity contribution in [2.45, 2.75) is 39.5 Å². The van der Waals surface area contributed by atoms with Gasteiger partial charge in [0, 0.05) is 24.9 Å². The summed E-state index contributed by atoms with van der Waals surface area (Å²) in [5, 5.41) is 7.64. The number of H-pyrrole nitrogens is 1. The van der Waals surface area contributed by atoms with E-state index in [1.807, 2.05) is 25.1 Å². The van der Waals surface area contributed by atoms with Gasteiger partial charge in [-0.2, -0.15) is 4.98 Å². The summed E-state index contributed by atoms with van der Waals surface area (Å²) in [6.45, 7) is 4.74. The first-order valence-electron chi connectivity index (χ1n) is 8.80. The molecule has 0 unspecified atom stereocenters. The molecule has 3 aromatic rings. The Labute approximate surface area is 150 Å². The maximum atomic E-state index is 12.3. The summed E-state index contributed by atoms with van der Waals surface area (Å²) in [5.74, 6) is 0.530. The maximum Gasteiger partial charge on any atom is 0.259 e. The molecule has 0 aliphatic rings. The summed E-state index contributed by atoms with van der Waals surface area (Å²) in [6, 6.07) is 7.55. The third-order valence-electron chi connectivity index (χ3n) is 4.13. The van der Waals surface area contributed by atoms with E-state index in [-0.39, 0.29) is 23.7 Å². The average molecular weight is 354 g/mol. The van der Waals surface area contributed by atoms with Crippen molar-refractivity contribution in [3.05, 3.63) is 46.1 Å². The molecule has 0 spiro atoms. The molecule has 0 radical (unpaired) electrons. The van der Waals surface area contributed by atoms with Gasteiger partial charge >= 0.3 is 0 Å². The first kappa shape index (κ1) is 17.8. The Kier molecular flexibility index (Phi) is 5.46. The van der Waals surface area contributed by atoms with Gasteiger partial charge in [0.1, 0.15) is 0 Å². The van der Waals surface area contributed by atoms with Crippen molar-refractivity contribution in [2.75, 3.05) is 6.54 Å². The van der Waals surface area contributed by atoms with Gasteiger partial charge in [-0.1, -0.05) is 30.1 Å². The number of pyridine rings is 1. The second-order valence-corrected chi connectivity index (χ2v) is 6.32. The Morgan fingerprint density at radius 3 is 2.96 bits per heavy atom. The van der Waals surface area contributed by atoms with Crippen molar-refractivity contribution in [3.8, 4) is 11.4 Å². The molecular weight excluding hydrogens is 332 g/mol. The summed E-state index contributed by atoms with van der Waals surface area (Å²) >= 11 is 0. The predicted octanol–water partition coefficient (Wildman–Crippen LogP) is 2.74. The number of hydrogen-bond acceptors (Lipinski definition) is 5. The van der Waals surface area contributed by atoms with E-state index in [1.54, 1.807) is 6.07 Å². The Hall–Kier alpha value is -2.96. The topological polar surface area (TPSA) is 101 Å². The van der Waals surface area contributed by atoms with Crippen LogP contribution in [-0.2, 0) is 11.2 Å². The molecule has 26 heavy (non-hydrogen) atoms. The fraction of sp³-hybridized carbons (Fsp3) is 0.368. The summed E-state index contributed by atoms with van der Waals surface area (Å²) < 4.78 is 5.19. The number of benzene rings is 1. The summed E-state index contributed by atoms with van der Waals surface area (Å²) in [4.78, 5) is 31.1. The van der Waals surface area contributed by atoms with Gasteiger partial charge in [-0.05, 0) is 36.9 Å². The fourth-order valence-corrected chi connectivity index (χ4v) is 2.67. The number of nitrogens with one attached hydrogen (secondary N) is 2. The van der Waals surface area contributed by atoms with Crippen LogP contribution < -0.4 is 10.9 Å². The second-order valence-electron chi connectivity index (χ2n) is 6.32. The molecule has 1 amide bonds. The number of hydrogen-bond donors (Lipinski definition) is 2. The molecule has 2 heterocycles. The molecule has 0 fully saturated rings. The number of aryl methyl sites for hydroxylation is 2. The number of nitrogens with zero attached hydrogens (tertiary/aromatic N) is 2. The molecule has 0 aliphatic carbocycles. The number of amides is 1. The Morgan fingerprint density at radius 2 is 2.15 bits per heavy atom. The lowest BCUT2D eigenvalue weighted by atomic mass is 10.1. The minimum Gasteiger partial charge on any atom is -0.356 e. The highest BCUT2D eigenvalue weighted by Crippen LogP contribution is 2.18. The van der Waals surface area contributed by atoms with Crippen LogP contribution in [0.25, 0.3) is 22.3 Å². The maximum absolute atomic E-state index is 12.3. The van der Waals surface area contributed by atoms with Crippen LogP contribution in [0.15, 0.2) is 33.6 Å². The molecule has 2 aromatic heterocycles. The number of unbranched alkanes of at least 4 members (excludes halogenated alkanes) is 1. The van der Waals surface area contributed by atoms with Crippen molar-refractivity contribution in [3.63, 3.8) is 0 Å². The minimum absolute atomic E-state index is 0.0442. The van der Waals surface area contributed by atoms with Crippen LogP contribution in [0.1, 0.15) is 37.6 Å². The zero-order valence-corrected chi connectivity index (χ0v) is 15.0. The molecular formula is C19H22N4O3. The third kappa shape index (κ3) is 4.17. The standard InChI is InChI=1S/C19H22N4O3/c1-3-4-9-20-16(24)7-8-17-22-18(23-26-17)14-11-13-10-12(2)5-6-15(13)21-19(14)25/h5-6,10-11H,3-4,7-9H2,1-2H3,(H,20,24)(H,21,25). The number of carbonyl (C=O) groups is 1. The van der Waals surface area contributed by atoms with E-state index in [0.717, 1.165) is 29.3 Å². The van der Waals surface area contributed by atoms with Crippen LogP contribution in [0.2, 0.25) is 0 Å². The van der Waals surface area contributed by atoms with E-state index in [9.17, 15) is 9.59 Å². The van der Waals surface area contributed by atoms with Crippen LogP contribution in [0.5, 0.6) is 0 Å². The van der Waals surface area contributed by atoms with Crippen molar-refractivity contribution in [1.82, 2.24) is 20.4 Å². The summed E-state index contributed by atoms with van der Waals surface area (Å²) in [5.41, 5.74) is 1.94. The molecule has 0 saturated carbocycles. The van der Waals surface area contributed by atoms with Crippen molar-refractivity contribution in [1.29, 1.82) is 0 Å². The van der Waals surface area contributed by atoms with Gasteiger partial charge in [-0.3, -0.25) is 9.59 Å². The number of carbonyl (C=O) groups excluding carboxylic acids is 1. The minimum atomic E-state index is -0.272. The molecule has 0 atom stereocenters. The SMILES string of the molecule is CCCCNC(=O)CCc1nc(-c2cc3cc(C)ccc3[nH]c2=O)no1. The smallest absolute Gasteiger partial charge is 0.259 e. The predicted molar refractivity (Wildman–Crippen MR) is 98.8 cm³/mol. The van der Waals surface area contributed by atoms with Crippen LogP contribution in [0.4, 0.5) is 0 Å². The highest BCUT2D eigenvalue weighted by atomic mass is 16.5. The summed E-state index contributed by atoms with van der Waals surface area (Å²) in [7, 11) is 0. The first-order chi connectivity index (χ1) is 12.6. The zero-order chi connectivity index (χ0) is 18.5. The van der Waals surface area contributed by atoms with Gasteiger partial charge in [0.05, 0.1) is 5.56 Å². The third-order valence-corrected chi connectivity index (χ3v) is 4.13. The lowest BCUT2D eigenvalue weighted by molar-refractivity contribution is -0.121. The van der Waals surface area contributed by atoms with Gasteiger partial charge < -0.3 is 14.8 Å². The van der Waals surface area contributed by atoms with E-state index in [2.05, 4.69) is 27.4 Å². The van der Waals surface area contributed by atoms with Crippen LogP contribution in [0.3, 0.4) is 0 Å². The normalized spacial score (nSPS) is 11.0. The molecule has 1 aromatic carbocycles. The van der Waals surface area contributed by atoms with Crippen LogP contribution >= 0.6 is 0 Å². The van der Waals surface area contributed by atoms with E-state index < -0.39 is 0 Å². The van der Waals surface area contributed by atoms with Gasteiger partial charge in [0.2, 0.25) is 17.6 Å². The van der Waals surface area contributed by atoms with E-state index in [4.69, 9.17) is 4.52 Å². The molecule has 0 saturated heterocycles. The Morgan fingerprint density at radius 1 is 1.31 bits per heavy atom. The van der Waals surface area contributed by atoms with Crippen LogP contribution in [0, 0.1) is 6.92 Å². The van der Waals surface area contributed by atoms with E-state index >= 15 is 0 Å². The average Bonchev–Trinajstić information content (AvgIpc) is 3.09. The quantitative estimate of drug-likeness (QED) is 0.635. The number of fused-ring (bicyclic) bond motifs is 1. The molecule has 7 nitrogen and oxygen atoms in total. The first-order valence-corrected chi connectivity index (χ1v) is 8.80. The highest BCUT2D eigenvalue weighted by Gasteiger charge is 2.14. The van der Waals surface area contributed by atoms with Crippen molar-refractivity contribution >= 4 is 16.8 Å². The molecule has 7 heteroatoms. The van der Waals surface area contributed by atoms with Gasteiger partial charge in [-0.15, -0.1) is 0 Å². The Bertz CT molecular complexity index is 974.